The molecule has 1 aliphatic carbocycles. The van der Waals surface area contributed by atoms with Crippen molar-refractivity contribution in [1.29, 1.82) is 0 Å². The van der Waals surface area contributed by atoms with E-state index in [4.69, 9.17) is 5.11 Å². The van der Waals surface area contributed by atoms with E-state index < -0.39 is 5.97 Å². The first kappa shape index (κ1) is 12.0. The van der Waals surface area contributed by atoms with Gasteiger partial charge in [0.25, 0.3) is 0 Å². The van der Waals surface area contributed by atoms with Gasteiger partial charge < -0.3 is 5.11 Å². The number of rotatable bonds is 4. The Labute approximate surface area is 91.7 Å². The van der Waals surface area contributed by atoms with Gasteiger partial charge in [-0.05, 0) is 36.7 Å². The molecular weight excluding hydrogens is 188 g/mol. The molecule has 1 rings (SSSR count). The van der Waals surface area contributed by atoms with Gasteiger partial charge in [-0.15, -0.1) is 0 Å². The first-order chi connectivity index (χ1) is 7.04. The van der Waals surface area contributed by atoms with Gasteiger partial charge in [-0.1, -0.05) is 32.1 Å². The monoisotopic (exact) mass is 208 g/mol. The van der Waals surface area contributed by atoms with Crippen LogP contribution in [-0.2, 0) is 4.79 Å². The molecule has 2 nitrogen and oxygen atoms in total. The number of hydrogen-bond donors (Lipinski definition) is 1. The van der Waals surface area contributed by atoms with Crippen LogP contribution in [0.5, 0.6) is 0 Å². The van der Waals surface area contributed by atoms with Crippen LogP contribution in [0.1, 0.15) is 33.6 Å². The van der Waals surface area contributed by atoms with Crippen LogP contribution in [0.15, 0.2) is 23.8 Å². The van der Waals surface area contributed by atoms with Crippen molar-refractivity contribution in [2.45, 2.75) is 33.6 Å². The van der Waals surface area contributed by atoms with E-state index >= 15 is 0 Å². The molecule has 0 heterocycles. The number of carboxylic acids is 1. The van der Waals surface area contributed by atoms with Gasteiger partial charge in [-0.3, -0.25) is 4.79 Å². The highest BCUT2D eigenvalue weighted by atomic mass is 16.4. The molecule has 0 aromatic rings. The molecule has 0 aromatic carbocycles. The Morgan fingerprint density at radius 3 is 2.40 bits per heavy atom. The van der Waals surface area contributed by atoms with Crippen molar-refractivity contribution < 1.29 is 9.90 Å². The van der Waals surface area contributed by atoms with E-state index in [1.165, 1.54) is 6.42 Å². The van der Waals surface area contributed by atoms with Gasteiger partial charge in [-0.2, -0.15) is 0 Å². The SMILES string of the molecule is C/C=C(\C=C/C1C(C)CC1C)CC(=O)O. The second-order valence-corrected chi connectivity index (χ2v) is 4.56. The maximum absolute atomic E-state index is 10.6. The number of carbonyl (C=O) groups is 1. The van der Waals surface area contributed by atoms with Crippen molar-refractivity contribution in [3.63, 3.8) is 0 Å². The van der Waals surface area contributed by atoms with E-state index in [9.17, 15) is 4.79 Å². The standard InChI is InChI=1S/C13H20O2/c1-4-11(8-13(14)15)5-6-12-9(2)7-10(12)3/h4-6,9-10,12H,7-8H2,1-3H3,(H,14,15)/b6-5-,11-4+. The summed E-state index contributed by atoms with van der Waals surface area (Å²) in [6.45, 7) is 6.39. The fraction of sp³-hybridized carbons (Fsp3) is 0.615. The molecule has 1 N–H and O–H groups in total. The molecule has 0 radical (unpaired) electrons. The van der Waals surface area contributed by atoms with Crippen molar-refractivity contribution in [1.82, 2.24) is 0 Å². The molecule has 1 aliphatic rings. The third-order valence-electron chi connectivity index (χ3n) is 3.32. The molecular formula is C13H20O2. The smallest absolute Gasteiger partial charge is 0.307 e. The van der Waals surface area contributed by atoms with Crippen LogP contribution in [-0.4, -0.2) is 11.1 Å². The van der Waals surface area contributed by atoms with E-state index in [1.807, 2.05) is 19.1 Å². The maximum Gasteiger partial charge on any atom is 0.307 e. The van der Waals surface area contributed by atoms with Crippen molar-refractivity contribution in [2.24, 2.45) is 17.8 Å². The second-order valence-electron chi connectivity index (χ2n) is 4.56. The number of aliphatic carboxylic acids is 1. The first-order valence-electron chi connectivity index (χ1n) is 5.59. The largest absolute Gasteiger partial charge is 0.481 e. The molecule has 1 fully saturated rings. The van der Waals surface area contributed by atoms with Crippen molar-refractivity contribution in [2.75, 3.05) is 0 Å². The summed E-state index contributed by atoms with van der Waals surface area (Å²) in [6, 6.07) is 0. The quantitative estimate of drug-likeness (QED) is 0.720. The van der Waals surface area contributed by atoms with Crippen LogP contribution in [0, 0.1) is 17.8 Å². The van der Waals surface area contributed by atoms with Gasteiger partial charge >= 0.3 is 5.97 Å². The zero-order valence-electron chi connectivity index (χ0n) is 9.73. The lowest BCUT2D eigenvalue weighted by molar-refractivity contribution is -0.136. The summed E-state index contributed by atoms with van der Waals surface area (Å²) in [6.07, 6.45) is 7.45. The normalized spacial score (nSPS) is 31.7. The molecule has 15 heavy (non-hydrogen) atoms. The molecule has 2 unspecified atom stereocenters. The number of hydrogen-bond acceptors (Lipinski definition) is 1. The molecule has 1 saturated carbocycles. The summed E-state index contributed by atoms with van der Waals surface area (Å²) in [5, 5.41) is 8.68. The molecule has 0 amide bonds. The lowest BCUT2D eigenvalue weighted by Crippen LogP contribution is -2.30. The van der Waals surface area contributed by atoms with E-state index in [0.717, 1.165) is 17.4 Å². The molecule has 0 saturated heterocycles. The Balaban J connectivity index is 2.51. The van der Waals surface area contributed by atoms with Crippen LogP contribution in [0.2, 0.25) is 0 Å². The zero-order chi connectivity index (χ0) is 11.4. The number of allylic oxidation sites excluding steroid dienone is 3. The minimum atomic E-state index is -0.762. The van der Waals surface area contributed by atoms with E-state index in [2.05, 4.69) is 19.9 Å². The maximum atomic E-state index is 10.6. The fourth-order valence-corrected chi connectivity index (χ4v) is 2.31. The Bertz CT molecular complexity index is 281. The summed E-state index contributed by atoms with van der Waals surface area (Å²) in [5.74, 6) is 1.37. The van der Waals surface area contributed by atoms with E-state index in [0.29, 0.717) is 5.92 Å². The Kier molecular flexibility index (Phi) is 4.13. The minimum absolute atomic E-state index is 0.127. The average Bonchev–Trinajstić information content (AvgIpc) is 2.15. The highest BCUT2D eigenvalue weighted by Crippen LogP contribution is 2.40. The lowest BCUT2D eigenvalue weighted by atomic mass is 9.66. The van der Waals surface area contributed by atoms with Crippen LogP contribution >= 0.6 is 0 Å². The van der Waals surface area contributed by atoms with Crippen LogP contribution < -0.4 is 0 Å². The first-order valence-corrected chi connectivity index (χ1v) is 5.59. The van der Waals surface area contributed by atoms with Gasteiger partial charge in [0, 0.05) is 0 Å². The van der Waals surface area contributed by atoms with Crippen molar-refractivity contribution in [3.05, 3.63) is 23.8 Å². The van der Waals surface area contributed by atoms with Crippen molar-refractivity contribution in [3.8, 4) is 0 Å². The highest BCUT2D eigenvalue weighted by molar-refractivity contribution is 5.70. The summed E-state index contributed by atoms with van der Waals surface area (Å²) >= 11 is 0. The topological polar surface area (TPSA) is 37.3 Å². The zero-order valence-corrected chi connectivity index (χ0v) is 9.73. The Morgan fingerprint density at radius 1 is 1.40 bits per heavy atom. The Hall–Kier alpha value is -1.05. The van der Waals surface area contributed by atoms with Gasteiger partial charge in [-0.25, -0.2) is 0 Å². The highest BCUT2D eigenvalue weighted by Gasteiger charge is 2.32. The third kappa shape index (κ3) is 3.22. The Morgan fingerprint density at radius 2 is 2.00 bits per heavy atom. The fourth-order valence-electron chi connectivity index (χ4n) is 2.31. The van der Waals surface area contributed by atoms with Gasteiger partial charge in [0.2, 0.25) is 0 Å². The van der Waals surface area contributed by atoms with E-state index in [-0.39, 0.29) is 6.42 Å². The third-order valence-corrected chi connectivity index (χ3v) is 3.32. The molecule has 0 aromatic heterocycles. The van der Waals surface area contributed by atoms with Crippen LogP contribution in [0.3, 0.4) is 0 Å². The molecule has 84 valence electrons. The molecule has 0 aliphatic heterocycles. The molecule has 0 bridgehead atoms. The lowest BCUT2D eigenvalue weighted by Gasteiger charge is -2.39. The minimum Gasteiger partial charge on any atom is -0.481 e. The van der Waals surface area contributed by atoms with Gasteiger partial charge in [0.05, 0.1) is 6.42 Å². The summed E-state index contributed by atoms with van der Waals surface area (Å²) in [5.41, 5.74) is 0.897. The second kappa shape index (κ2) is 5.15. The van der Waals surface area contributed by atoms with Crippen LogP contribution in [0.25, 0.3) is 0 Å². The summed E-state index contributed by atoms with van der Waals surface area (Å²) in [7, 11) is 0. The molecule has 2 heteroatoms. The van der Waals surface area contributed by atoms with Crippen LogP contribution in [0.4, 0.5) is 0 Å². The predicted octanol–water partition coefficient (Wildman–Crippen LogP) is 3.26. The van der Waals surface area contributed by atoms with Gasteiger partial charge in [0.1, 0.15) is 0 Å². The van der Waals surface area contributed by atoms with Crippen molar-refractivity contribution >= 4 is 5.97 Å². The summed E-state index contributed by atoms with van der Waals surface area (Å²) in [4.78, 5) is 10.6. The van der Waals surface area contributed by atoms with Gasteiger partial charge in [0.15, 0.2) is 0 Å². The number of carboxylic acid groups (broad SMARTS) is 1. The average molecular weight is 208 g/mol. The molecule has 2 atom stereocenters. The predicted molar refractivity (Wildman–Crippen MR) is 61.6 cm³/mol. The van der Waals surface area contributed by atoms with E-state index in [1.54, 1.807) is 0 Å². The molecule has 0 spiro atoms. The summed E-state index contributed by atoms with van der Waals surface area (Å²) < 4.78 is 0.